The number of amides is 2. The molecular weight excluding hydrogens is 704 g/mol. The number of benzene rings is 2. The largest absolute Gasteiger partial charge is 0.491 e. The molecule has 2 N–H and O–H groups in total. The lowest BCUT2D eigenvalue weighted by molar-refractivity contribution is -0.139. The summed E-state index contributed by atoms with van der Waals surface area (Å²) in [5.41, 5.74) is -0.112. The van der Waals surface area contributed by atoms with E-state index in [1.165, 1.54) is 16.4 Å². The second-order valence-electron chi connectivity index (χ2n) is 12.1. The highest BCUT2D eigenvalue weighted by molar-refractivity contribution is 6.33. The number of halogens is 5. The summed E-state index contributed by atoms with van der Waals surface area (Å²) >= 11 is 12.5. The second-order valence-corrected chi connectivity index (χ2v) is 13.0. The van der Waals surface area contributed by atoms with Gasteiger partial charge in [-0.2, -0.15) is 18.2 Å². The fraction of sp³-hybridized carbons (Fsp3) is 0.303. The Labute approximate surface area is 290 Å². The van der Waals surface area contributed by atoms with Crippen LogP contribution >= 0.6 is 23.2 Å². The molecule has 7 rings (SSSR count). The van der Waals surface area contributed by atoms with E-state index in [0.717, 1.165) is 4.57 Å². The number of rotatable bonds is 7. The average Bonchev–Trinajstić information content (AvgIpc) is 3.44. The number of para-hydroxylation sites is 1. The van der Waals surface area contributed by atoms with Crippen LogP contribution in [0.4, 0.5) is 19.0 Å². The van der Waals surface area contributed by atoms with Gasteiger partial charge in [0.25, 0.3) is 11.8 Å². The molecule has 0 radical (unpaired) electrons. The van der Waals surface area contributed by atoms with Crippen LogP contribution in [-0.4, -0.2) is 54.1 Å². The van der Waals surface area contributed by atoms with Crippen LogP contribution in [-0.2, 0) is 34.8 Å². The maximum Gasteiger partial charge on any atom is 0.417 e. The van der Waals surface area contributed by atoms with E-state index >= 15 is 4.79 Å². The SMILES string of the molecule is Cn1c(=O)n2n(c1=O)[C@@H]1C[C@H]3C(=O)N(Nc4ncc(C(F)(F)F)cc4Cl)C(=O)[C@@]3(c3ccc(Cl)cc3)[C@@H](c3ccccc3OCCO)C1=CC2. The van der Waals surface area contributed by atoms with Gasteiger partial charge in [0.05, 0.1) is 41.1 Å². The molecule has 4 heterocycles. The predicted molar refractivity (Wildman–Crippen MR) is 174 cm³/mol. The summed E-state index contributed by atoms with van der Waals surface area (Å²) in [5.74, 6) is -3.87. The lowest BCUT2D eigenvalue weighted by Crippen LogP contribution is -2.53. The summed E-state index contributed by atoms with van der Waals surface area (Å²) in [6.45, 7) is -0.440. The van der Waals surface area contributed by atoms with Gasteiger partial charge in [-0.25, -0.2) is 28.5 Å². The predicted octanol–water partition coefficient (Wildman–Crippen LogP) is 4.06. The van der Waals surface area contributed by atoms with Gasteiger partial charge in [-0.1, -0.05) is 59.6 Å². The molecule has 1 aliphatic carbocycles. The number of hydrogen-bond donors (Lipinski definition) is 2. The maximum atomic E-state index is 15.2. The molecule has 2 aromatic carbocycles. The fourth-order valence-electron chi connectivity index (χ4n) is 7.50. The number of imide groups is 1. The third kappa shape index (κ3) is 4.97. The summed E-state index contributed by atoms with van der Waals surface area (Å²) < 4.78 is 49.6. The van der Waals surface area contributed by atoms with Gasteiger partial charge < -0.3 is 9.84 Å². The van der Waals surface area contributed by atoms with Crippen molar-refractivity contribution in [3.8, 4) is 5.75 Å². The fourth-order valence-corrected chi connectivity index (χ4v) is 7.84. The Morgan fingerprint density at radius 2 is 1.78 bits per heavy atom. The van der Waals surface area contributed by atoms with Gasteiger partial charge in [0.15, 0.2) is 5.82 Å². The van der Waals surface area contributed by atoms with Crippen LogP contribution in [0.3, 0.4) is 0 Å². The quantitative estimate of drug-likeness (QED) is 0.214. The van der Waals surface area contributed by atoms with Gasteiger partial charge in [0.1, 0.15) is 12.4 Å². The number of allylic oxidation sites excluding steroid dienone is 2. The number of alkyl halides is 3. The van der Waals surface area contributed by atoms with Crippen LogP contribution < -0.4 is 21.5 Å². The lowest BCUT2D eigenvalue weighted by Gasteiger charge is -2.49. The first-order valence-corrected chi connectivity index (χ1v) is 16.1. The third-order valence-electron chi connectivity index (χ3n) is 9.59. The molecule has 4 aromatic rings. The summed E-state index contributed by atoms with van der Waals surface area (Å²) in [5, 5.41) is 10.2. The highest BCUT2D eigenvalue weighted by Gasteiger charge is 2.69. The minimum absolute atomic E-state index is 0.0204. The molecule has 0 bridgehead atoms. The summed E-state index contributed by atoms with van der Waals surface area (Å²) in [6.07, 6.45) is -2.58. The molecule has 0 unspecified atom stereocenters. The van der Waals surface area contributed by atoms with E-state index in [0.29, 0.717) is 44.7 Å². The normalized spacial score (nSPS) is 22.9. The number of nitrogens with one attached hydrogen (secondary N) is 1. The smallest absolute Gasteiger partial charge is 0.417 e. The number of fused-ring (bicyclic) bond motifs is 4. The molecule has 2 amide bonds. The van der Waals surface area contributed by atoms with Crippen molar-refractivity contribution in [2.45, 2.75) is 36.5 Å². The van der Waals surface area contributed by atoms with Crippen LogP contribution in [0, 0.1) is 5.92 Å². The Hall–Kier alpha value is -4.86. The zero-order valence-corrected chi connectivity index (χ0v) is 27.5. The molecule has 50 heavy (non-hydrogen) atoms. The van der Waals surface area contributed by atoms with Crippen molar-refractivity contribution in [3.63, 3.8) is 0 Å². The zero-order chi connectivity index (χ0) is 35.7. The molecule has 2 fully saturated rings. The van der Waals surface area contributed by atoms with Gasteiger partial charge in [0, 0.05) is 29.7 Å². The van der Waals surface area contributed by atoms with E-state index in [1.807, 2.05) is 0 Å². The van der Waals surface area contributed by atoms with Crippen LogP contribution in [0.2, 0.25) is 10.0 Å². The highest BCUT2D eigenvalue weighted by atomic mass is 35.5. The molecule has 1 saturated heterocycles. The average molecular weight is 732 g/mol. The number of hydrazine groups is 1. The number of pyridine rings is 1. The molecule has 17 heteroatoms. The number of hydrogen-bond acceptors (Lipinski definition) is 8. The van der Waals surface area contributed by atoms with E-state index < -0.39 is 63.2 Å². The van der Waals surface area contributed by atoms with Crippen molar-refractivity contribution >= 4 is 40.8 Å². The first-order valence-electron chi connectivity index (χ1n) is 15.3. The number of ether oxygens (including phenoxy) is 1. The number of aliphatic hydroxyl groups excluding tert-OH is 1. The van der Waals surface area contributed by atoms with Crippen LogP contribution in [0.1, 0.15) is 35.1 Å². The van der Waals surface area contributed by atoms with E-state index in [4.69, 9.17) is 27.9 Å². The summed E-state index contributed by atoms with van der Waals surface area (Å²) in [4.78, 5) is 60.2. The van der Waals surface area contributed by atoms with Crippen LogP contribution in [0.25, 0.3) is 0 Å². The Kier molecular flexibility index (Phi) is 8.19. The molecule has 4 atom stereocenters. The molecular formula is C33H27Cl2F3N6O6. The number of aliphatic hydroxyl groups is 1. The Balaban J connectivity index is 1.48. The van der Waals surface area contributed by atoms with Gasteiger partial charge in [0.2, 0.25) is 0 Å². The molecule has 3 aliphatic rings. The monoisotopic (exact) mass is 730 g/mol. The van der Waals surface area contributed by atoms with Crippen LogP contribution in [0.5, 0.6) is 5.75 Å². The van der Waals surface area contributed by atoms with Crippen LogP contribution in [0.15, 0.2) is 82.0 Å². The Morgan fingerprint density at radius 3 is 2.46 bits per heavy atom. The standard InChI is InChI=1S/C33H27Cl2F3N6O6/c1-41-30(48)42-11-10-20-24(44(42)31(41)49)15-22-28(46)43(40-27-23(35)14-18(16-39-27)33(36,37)38)29(47)32(22,17-6-8-19(34)9-7-17)26(20)21-4-2-3-5-25(21)50-13-12-45/h2-10,14,16,22,24,26,45H,11-13,15H2,1H3,(H,39,40)/t22-,24+,26+,32+/m0/s1. The van der Waals surface area contributed by atoms with Crippen molar-refractivity contribution in [1.82, 2.24) is 23.9 Å². The molecule has 260 valence electrons. The van der Waals surface area contributed by atoms with Crippen molar-refractivity contribution in [1.29, 1.82) is 0 Å². The first kappa shape index (κ1) is 33.6. The summed E-state index contributed by atoms with van der Waals surface area (Å²) in [6, 6.07) is 12.9. The Morgan fingerprint density at radius 1 is 1.06 bits per heavy atom. The second kappa shape index (κ2) is 12.2. The number of carbonyl (C=O) groups is 2. The Bertz CT molecular complexity index is 2200. The van der Waals surface area contributed by atoms with E-state index in [9.17, 15) is 32.7 Å². The van der Waals surface area contributed by atoms with E-state index in [-0.39, 0.29) is 32.0 Å². The number of nitrogens with zero attached hydrogens (tertiary/aromatic N) is 5. The topological polar surface area (TPSA) is 141 Å². The van der Waals surface area contributed by atoms with Crippen molar-refractivity contribution in [2.24, 2.45) is 13.0 Å². The molecule has 1 saturated carbocycles. The van der Waals surface area contributed by atoms with Crippen molar-refractivity contribution < 1.29 is 32.6 Å². The minimum atomic E-state index is -4.75. The van der Waals surface area contributed by atoms with Crippen molar-refractivity contribution in [3.05, 3.63) is 120 Å². The van der Waals surface area contributed by atoms with Gasteiger partial charge in [-0.05, 0) is 41.8 Å². The molecule has 2 aromatic heterocycles. The lowest BCUT2D eigenvalue weighted by atomic mass is 9.53. The third-order valence-corrected chi connectivity index (χ3v) is 10.1. The van der Waals surface area contributed by atoms with Crippen molar-refractivity contribution in [2.75, 3.05) is 18.6 Å². The van der Waals surface area contributed by atoms with E-state index in [2.05, 4.69) is 10.4 Å². The highest BCUT2D eigenvalue weighted by Crippen LogP contribution is 2.62. The van der Waals surface area contributed by atoms with Gasteiger partial charge >= 0.3 is 17.6 Å². The maximum absolute atomic E-state index is 15.2. The van der Waals surface area contributed by atoms with E-state index in [1.54, 1.807) is 54.6 Å². The van der Waals surface area contributed by atoms with Gasteiger partial charge in [-0.3, -0.25) is 15.0 Å². The number of anilines is 1. The van der Waals surface area contributed by atoms with Gasteiger partial charge in [-0.15, -0.1) is 0 Å². The summed E-state index contributed by atoms with van der Waals surface area (Å²) in [7, 11) is 1.34. The minimum Gasteiger partial charge on any atom is -0.491 e. The first-order chi connectivity index (χ1) is 23.8. The molecule has 12 nitrogen and oxygen atoms in total. The molecule has 2 aliphatic heterocycles. The number of carbonyl (C=O) groups excluding carboxylic acids is 2. The number of aromatic nitrogens is 4. The molecule has 0 spiro atoms. The zero-order valence-electron chi connectivity index (χ0n) is 26.0.